The molecule has 4 nitrogen and oxygen atoms in total. The number of aliphatic hydroxyl groups is 1. The van der Waals surface area contributed by atoms with Crippen molar-refractivity contribution in [2.24, 2.45) is 0 Å². The van der Waals surface area contributed by atoms with Gasteiger partial charge in [-0.3, -0.25) is 5.41 Å². The second-order valence-corrected chi connectivity index (χ2v) is 7.74. The van der Waals surface area contributed by atoms with Gasteiger partial charge in [0.05, 0.1) is 17.8 Å². The van der Waals surface area contributed by atoms with Crippen LogP contribution in [0.4, 0.5) is 5.69 Å². The monoisotopic (exact) mass is 375 g/mol. The van der Waals surface area contributed by atoms with Crippen LogP contribution in [0, 0.1) is 26.2 Å². The third-order valence-corrected chi connectivity index (χ3v) is 5.90. The van der Waals surface area contributed by atoms with Crippen molar-refractivity contribution < 1.29 is 5.11 Å². The maximum absolute atomic E-state index is 10.6. The van der Waals surface area contributed by atoms with Crippen molar-refractivity contribution in [1.82, 2.24) is 4.98 Å². The molecule has 1 aromatic heterocycles. The van der Waals surface area contributed by atoms with Crippen molar-refractivity contribution in [2.45, 2.75) is 20.8 Å². The fourth-order valence-electron chi connectivity index (χ4n) is 3.28. The van der Waals surface area contributed by atoms with Crippen LogP contribution in [0.1, 0.15) is 21.7 Å². The Kier molecular flexibility index (Phi) is 4.32. The number of benzene rings is 2. The molecule has 0 radical (unpaired) electrons. The maximum atomic E-state index is 10.6. The van der Waals surface area contributed by atoms with Crippen LogP contribution in [0.2, 0.25) is 0 Å². The van der Waals surface area contributed by atoms with Crippen LogP contribution in [-0.2, 0) is 0 Å². The van der Waals surface area contributed by atoms with Crippen molar-refractivity contribution in [1.29, 1.82) is 5.41 Å². The van der Waals surface area contributed by atoms with E-state index in [0.29, 0.717) is 23.0 Å². The molecule has 1 aliphatic rings. The first-order valence-electron chi connectivity index (χ1n) is 8.83. The molecule has 2 heterocycles. The zero-order valence-electron chi connectivity index (χ0n) is 15.6. The number of nitrogens with zero attached hydrogens (tertiary/aromatic N) is 2. The Morgan fingerprint density at radius 1 is 1.07 bits per heavy atom. The number of aliphatic hydroxyl groups excluding tert-OH is 1. The van der Waals surface area contributed by atoms with E-state index in [0.717, 1.165) is 22.5 Å². The lowest BCUT2D eigenvalue weighted by Gasteiger charge is -2.21. The number of anilines is 1. The van der Waals surface area contributed by atoms with Gasteiger partial charge in [0.25, 0.3) is 0 Å². The molecule has 5 heteroatoms. The Balaban J connectivity index is 1.67. The van der Waals surface area contributed by atoms with Crippen molar-refractivity contribution in [3.63, 3.8) is 0 Å². The van der Waals surface area contributed by atoms with Gasteiger partial charge in [0.1, 0.15) is 16.6 Å². The predicted octanol–water partition coefficient (Wildman–Crippen LogP) is 5.50. The highest BCUT2D eigenvalue weighted by Gasteiger charge is 2.32. The topological polar surface area (TPSA) is 60.2 Å². The highest BCUT2D eigenvalue weighted by Crippen LogP contribution is 2.35. The Hall–Kier alpha value is -2.92. The molecule has 136 valence electrons. The van der Waals surface area contributed by atoms with Gasteiger partial charge in [-0.15, -0.1) is 11.3 Å². The lowest BCUT2D eigenvalue weighted by atomic mass is 10.1. The molecule has 0 aliphatic carbocycles. The third kappa shape index (κ3) is 3.04. The van der Waals surface area contributed by atoms with Crippen LogP contribution in [0.5, 0.6) is 0 Å². The molecule has 0 amide bonds. The van der Waals surface area contributed by atoms with E-state index in [1.165, 1.54) is 22.5 Å². The second-order valence-electron chi connectivity index (χ2n) is 6.88. The molecular weight excluding hydrogens is 354 g/mol. The first kappa shape index (κ1) is 17.5. The molecule has 1 aliphatic heterocycles. The van der Waals surface area contributed by atoms with E-state index in [2.05, 4.69) is 32.0 Å². The van der Waals surface area contributed by atoms with E-state index < -0.39 is 0 Å². The first-order chi connectivity index (χ1) is 13.0. The van der Waals surface area contributed by atoms with Crippen molar-refractivity contribution in [2.75, 3.05) is 11.4 Å². The van der Waals surface area contributed by atoms with E-state index in [1.807, 2.05) is 41.5 Å². The number of rotatable bonds is 3. The number of aromatic nitrogens is 1. The van der Waals surface area contributed by atoms with Gasteiger partial charge in [0, 0.05) is 16.6 Å². The van der Waals surface area contributed by atoms with E-state index in [-0.39, 0.29) is 5.76 Å². The molecule has 2 N–H and O–H groups in total. The minimum absolute atomic E-state index is 0.200. The molecular formula is C22H21N3OS. The first-order valence-corrected chi connectivity index (χ1v) is 9.71. The summed E-state index contributed by atoms with van der Waals surface area (Å²) in [5.41, 5.74) is 6.89. The van der Waals surface area contributed by atoms with Crippen LogP contribution in [0.3, 0.4) is 0 Å². The number of hydrogen-bond acceptors (Lipinski definition) is 4. The Morgan fingerprint density at radius 3 is 2.56 bits per heavy atom. The zero-order valence-corrected chi connectivity index (χ0v) is 16.4. The summed E-state index contributed by atoms with van der Waals surface area (Å²) in [4.78, 5) is 6.54. The van der Waals surface area contributed by atoms with Gasteiger partial charge in [-0.2, -0.15) is 0 Å². The predicted molar refractivity (Wildman–Crippen MR) is 113 cm³/mol. The van der Waals surface area contributed by atoms with Crippen LogP contribution < -0.4 is 4.90 Å². The summed E-state index contributed by atoms with van der Waals surface area (Å²) in [6.45, 7) is 6.46. The van der Waals surface area contributed by atoms with Crippen molar-refractivity contribution in [3.05, 3.63) is 75.3 Å². The van der Waals surface area contributed by atoms with Gasteiger partial charge in [-0.25, -0.2) is 4.98 Å². The zero-order chi connectivity index (χ0) is 19.1. The standard InChI is InChI=1S/C22H21N3OS/c1-13-7-9-16(10-8-13)17-12-27-22(24-17)20-19(26)11-25(21(20)23)18-6-4-5-14(2)15(18)3/h4-10,12,23,26H,11H2,1-3H3. The van der Waals surface area contributed by atoms with Crippen LogP contribution >= 0.6 is 11.3 Å². The molecule has 0 unspecified atom stereocenters. The average Bonchev–Trinajstić information content (AvgIpc) is 3.23. The summed E-state index contributed by atoms with van der Waals surface area (Å²) in [6, 6.07) is 14.2. The molecule has 0 saturated heterocycles. The van der Waals surface area contributed by atoms with E-state index in [1.54, 1.807) is 0 Å². The lowest BCUT2D eigenvalue weighted by molar-refractivity contribution is 0.411. The highest BCUT2D eigenvalue weighted by molar-refractivity contribution is 7.11. The van der Waals surface area contributed by atoms with Gasteiger partial charge in [0.15, 0.2) is 0 Å². The summed E-state index contributed by atoms with van der Waals surface area (Å²) < 4.78 is 0. The fourth-order valence-corrected chi connectivity index (χ4v) is 4.18. The van der Waals surface area contributed by atoms with Gasteiger partial charge in [-0.1, -0.05) is 42.0 Å². The Morgan fingerprint density at radius 2 is 1.81 bits per heavy atom. The van der Waals surface area contributed by atoms with Crippen molar-refractivity contribution in [3.8, 4) is 11.3 Å². The minimum atomic E-state index is 0.200. The van der Waals surface area contributed by atoms with Gasteiger partial charge in [0.2, 0.25) is 0 Å². The fraction of sp³-hybridized carbons (Fsp3) is 0.182. The average molecular weight is 375 g/mol. The van der Waals surface area contributed by atoms with Gasteiger partial charge in [-0.05, 0) is 38.0 Å². The normalized spacial score (nSPS) is 14.3. The lowest BCUT2D eigenvalue weighted by Crippen LogP contribution is -2.27. The molecule has 2 aromatic carbocycles. The molecule has 0 fully saturated rings. The molecule has 0 spiro atoms. The van der Waals surface area contributed by atoms with Crippen LogP contribution in [-0.4, -0.2) is 22.5 Å². The highest BCUT2D eigenvalue weighted by atomic mass is 32.1. The molecule has 0 atom stereocenters. The SMILES string of the molecule is Cc1ccc(-c2csc(C3=C(O)CN(c4cccc(C)c4C)C3=N)n2)cc1. The number of aryl methyl sites for hydroxylation is 2. The number of thiazole rings is 1. The number of amidine groups is 1. The molecule has 3 aromatic rings. The largest absolute Gasteiger partial charge is 0.510 e. The summed E-state index contributed by atoms with van der Waals surface area (Å²) in [6.07, 6.45) is 0. The smallest absolute Gasteiger partial charge is 0.139 e. The van der Waals surface area contributed by atoms with E-state index in [9.17, 15) is 5.11 Å². The summed E-state index contributed by atoms with van der Waals surface area (Å²) in [5, 5.41) is 21.9. The number of hydrogen-bond donors (Lipinski definition) is 2. The van der Waals surface area contributed by atoms with Crippen LogP contribution in [0.15, 0.2) is 53.6 Å². The van der Waals surface area contributed by atoms with E-state index in [4.69, 9.17) is 10.4 Å². The summed E-state index contributed by atoms with van der Waals surface area (Å²) in [5.74, 6) is 0.497. The van der Waals surface area contributed by atoms with Gasteiger partial charge < -0.3 is 10.0 Å². The maximum Gasteiger partial charge on any atom is 0.139 e. The van der Waals surface area contributed by atoms with E-state index >= 15 is 0 Å². The second kappa shape index (κ2) is 6.67. The molecule has 4 rings (SSSR count). The Labute approximate surface area is 163 Å². The molecule has 0 bridgehead atoms. The molecule has 27 heavy (non-hydrogen) atoms. The van der Waals surface area contributed by atoms with Crippen LogP contribution in [0.25, 0.3) is 16.8 Å². The minimum Gasteiger partial charge on any atom is -0.510 e. The summed E-state index contributed by atoms with van der Waals surface area (Å²) >= 11 is 1.46. The quantitative estimate of drug-likeness (QED) is 0.635. The number of nitrogens with one attached hydrogen (secondary N) is 1. The third-order valence-electron chi connectivity index (χ3n) is 5.04. The summed E-state index contributed by atoms with van der Waals surface area (Å²) in [7, 11) is 0. The molecule has 0 saturated carbocycles. The van der Waals surface area contributed by atoms with Crippen molar-refractivity contribution >= 4 is 28.4 Å². The van der Waals surface area contributed by atoms with Gasteiger partial charge >= 0.3 is 0 Å². The Bertz CT molecular complexity index is 1060.